The molecule has 0 saturated heterocycles. The predicted molar refractivity (Wildman–Crippen MR) is 173 cm³/mol. The molecular formula is C33H31BrClN3O6. The maximum atomic E-state index is 13.8. The lowest BCUT2D eigenvalue weighted by atomic mass is 9.98. The van der Waals surface area contributed by atoms with E-state index in [0.717, 1.165) is 14.7 Å². The fraction of sp³-hybridized carbons (Fsp3) is 0.242. The number of ether oxygens (including phenoxy) is 2. The summed E-state index contributed by atoms with van der Waals surface area (Å²) >= 11 is 9.64. The first kappa shape index (κ1) is 32.6. The third-order valence-electron chi connectivity index (χ3n) is 6.49. The number of amides is 1. The van der Waals surface area contributed by atoms with Crippen molar-refractivity contribution in [2.24, 2.45) is 0 Å². The smallest absolute Gasteiger partial charge is 0.338 e. The van der Waals surface area contributed by atoms with E-state index in [-0.39, 0.29) is 23.6 Å². The van der Waals surface area contributed by atoms with Gasteiger partial charge in [-0.2, -0.15) is 0 Å². The summed E-state index contributed by atoms with van der Waals surface area (Å²) in [6.07, 6.45) is 0.125. The number of esters is 1. The molecule has 0 aliphatic carbocycles. The van der Waals surface area contributed by atoms with Gasteiger partial charge in [-0.3, -0.25) is 14.4 Å². The molecule has 0 radical (unpaired) electrons. The molecule has 0 bridgehead atoms. The third-order valence-corrected chi connectivity index (χ3v) is 7.26. The highest BCUT2D eigenvalue weighted by molar-refractivity contribution is 9.10. The molecule has 0 fully saturated rings. The minimum Gasteiger partial charge on any atom is -0.480 e. The second-order valence-electron chi connectivity index (χ2n) is 11.0. The summed E-state index contributed by atoms with van der Waals surface area (Å²) in [5, 5.41) is 7.63. The Morgan fingerprint density at radius 2 is 1.64 bits per heavy atom. The first-order chi connectivity index (χ1) is 20.8. The molecule has 0 aliphatic rings. The van der Waals surface area contributed by atoms with Gasteiger partial charge >= 0.3 is 5.97 Å². The van der Waals surface area contributed by atoms with E-state index in [4.69, 9.17) is 21.1 Å². The van der Waals surface area contributed by atoms with Gasteiger partial charge in [-0.15, -0.1) is 5.10 Å². The number of hydrogen-bond donors (Lipinski definition) is 1. The van der Waals surface area contributed by atoms with Crippen LogP contribution in [0.25, 0.3) is 11.1 Å². The second kappa shape index (κ2) is 13.6. The first-order valence-electron chi connectivity index (χ1n) is 13.6. The molecular weight excluding hydrogens is 650 g/mol. The number of hydrogen-bond acceptors (Lipinski definition) is 7. The van der Waals surface area contributed by atoms with Crippen LogP contribution in [0.15, 0.2) is 82.1 Å². The molecule has 0 spiro atoms. The van der Waals surface area contributed by atoms with Gasteiger partial charge in [0.25, 0.3) is 5.56 Å². The van der Waals surface area contributed by atoms with E-state index in [2.05, 4.69) is 26.3 Å². The van der Waals surface area contributed by atoms with Crippen molar-refractivity contribution >= 4 is 50.9 Å². The number of halogens is 2. The maximum Gasteiger partial charge on any atom is 0.338 e. The van der Waals surface area contributed by atoms with Crippen molar-refractivity contribution < 1.29 is 23.9 Å². The number of benzene rings is 3. The SMILES string of the molecule is COc1nn(C(Cc2ccc(Br)cc2)C(=O)Nc2ccc(C(=O)OC(C)(C)C)cc2)c(=O)cc1-c1cc(Cl)ccc1C(C)=O. The van der Waals surface area contributed by atoms with Crippen LogP contribution in [0.2, 0.25) is 5.02 Å². The Kier molecular flexibility index (Phi) is 10.1. The Morgan fingerprint density at radius 1 is 0.977 bits per heavy atom. The van der Waals surface area contributed by atoms with Crippen LogP contribution in [0.1, 0.15) is 60.0 Å². The quantitative estimate of drug-likeness (QED) is 0.151. The number of aromatic nitrogens is 2. The van der Waals surface area contributed by atoms with E-state index < -0.39 is 29.1 Å². The number of ketones is 1. The molecule has 1 aromatic heterocycles. The summed E-state index contributed by atoms with van der Waals surface area (Å²) < 4.78 is 12.9. The molecule has 3 aromatic carbocycles. The molecule has 9 nitrogen and oxygen atoms in total. The van der Waals surface area contributed by atoms with Crippen LogP contribution in [0.3, 0.4) is 0 Å². The van der Waals surface area contributed by atoms with Crippen molar-refractivity contribution in [2.75, 3.05) is 12.4 Å². The largest absolute Gasteiger partial charge is 0.480 e. The van der Waals surface area contributed by atoms with E-state index in [1.165, 1.54) is 20.1 Å². The lowest BCUT2D eigenvalue weighted by molar-refractivity contribution is -0.119. The van der Waals surface area contributed by atoms with Gasteiger partial charge in [0.15, 0.2) is 5.78 Å². The number of methoxy groups -OCH3 is 1. The number of nitrogens with zero attached hydrogens (tertiary/aromatic N) is 2. The zero-order valence-electron chi connectivity index (χ0n) is 24.8. The average Bonchev–Trinajstić information content (AvgIpc) is 2.96. The van der Waals surface area contributed by atoms with Crippen LogP contribution in [0, 0.1) is 0 Å². The van der Waals surface area contributed by atoms with Crippen LogP contribution < -0.4 is 15.6 Å². The van der Waals surface area contributed by atoms with Crippen LogP contribution in [0.4, 0.5) is 5.69 Å². The molecule has 0 aliphatic heterocycles. The number of carbonyl (C=O) groups is 3. The number of nitrogens with one attached hydrogen (secondary N) is 1. The van der Waals surface area contributed by atoms with Crippen LogP contribution >= 0.6 is 27.5 Å². The number of anilines is 1. The van der Waals surface area contributed by atoms with Gasteiger partial charge in [-0.25, -0.2) is 9.48 Å². The second-order valence-corrected chi connectivity index (χ2v) is 12.4. The summed E-state index contributed by atoms with van der Waals surface area (Å²) in [5.74, 6) is -1.20. The summed E-state index contributed by atoms with van der Waals surface area (Å²) in [7, 11) is 1.38. The highest BCUT2D eigenvalue weighted by atomic mass is 79.9. The molecule has 44 heavy (non-hydrogen) atoms. The lowest BCUT2D eigenvalue weighted by Crippen LogP contribution is -2.36. The van der Waals surface area contributed by atoms with E-state index in [1.807, 2.05) is 24.3 Å². The fourth-order valence-corrected chi connectivity index (χ4v) is 4.89. The Morgan fingerprint density at radius 3 is 2.23 bits per heavy atom. The minimum atomic E-state index is -1.09. The van der Waals surface area contributed by atoms with E-state index in [9.17, 15) is 19.2 Å². The summed E-state index contributed by atoms with van der Waals surface area (Å²) in [6.45, 7) is 6.74. The van der Waals surface area contributed by atoms with Crippen molar-refractivity contribution in [1.29, 1.82) is 0 Å². The summed E-state index contributed by atoms with van der Waals surface area (Å²) in [6, 6.07) is 18.5. The van der Waals surface area contributed by atoms with Crippen LogP contribution in [-0.2, 0) is 16.0 Å². The maximum absolute atomic E-state index is 13.8. The monoisotopic (exact) mass is 679 g/mol. The van der Waals surface area contributed by atoms with E-state index in [1.54, 1.807) is 63.2 Å². The highest BCUT2D eigenvalue weighted by Gasteiger charge is 2.27. The molecule has 1 unspecified atom stereocenters. The molecule has 1 amide bonds. The third kappa shape index (κ3) is 8.00. The van der Waals surface area contributed by atoms with Crippen molar-refractivity contribution in [1.82, 2.24) is 9.78 Å². The van der Waals surface area contributed by atoms with Crippen molar-refractivity contribution in [3.63, 3.8) is 0 Å². The van der Waals surface area contributed by atoms with Gasteiger partial charge in [0.05, 0.1) is 18.2 Å². The molecule has 1 heterocycles. The van der Waals surface area contributed by atoms with Crippen molar-refractivity contribution in [3.05, 3.63) is 109 Å². The summed E-state index contributed by atoms with van der Waals surface area (Å²) in [4.78, 5) is 52.2. The molecule has 1 N–H and O–H groups in total. The number of Topliss-reactive ketones (excluding diaryl/α,β-unsaturated/α-hetero) is 1. The highest BCUT2D eigenvalue weighted by Crippen LogP contribution is 2.33. The number of rotatable bonds is 9. The standard InChI is InChI=1S/C33H31BrClN3O6/c1-19(39)25-15-12-23(35)17-26(25)27-18-29(40)38(37-31(27)43-5)28(16-20-6-10-22(34)11-7-20)30(41)36-24-13-8-21(9-14-24)32(42)44-33(2,3)4/h6-15,17-18,28H,16H2,1-5H3,(H,36,41). The first-order valence-corrected chi connectivity index (χ1v) is 14.8. The average molecular weight is 681 g/mol. The van der Waals surface area contributed by atoms with Gasteiger partial charge in [0.2, 0.25) is 11.8 Å². The van der Waals surface area contributed by atoms with Gasteiger partial charge in [0, 0.05) is 33.2 Å². The summed E-state index contributed by atoms with van der Waals surface area (Å²) in [5.41, 5.74) is 1.26. The van der Waals surface area contributed by atoms with E-state index in [0.29, 0.717) is 27.4 Å². The molecule has 228 valence electrons. The molecule has 11 heteroatoms. The van der Waals surface area contributed by atoms with Gasteiger partial charge in [-0.05, 0) is 93.4 Å². The molecule has 1 atom stereocenters. The van der Waals surface area contributed by atoms with Crippen LogP contribution in [0.5, 0.6) is 5.88 Å². The predicted octanol–water partition coefficient (Wildman–Crippen LogP) is 6.92. The topological polar surface area (TPSA) is 117 Å². The Balaban J connectivity index is 1.73. The van der Waals surface area contributed by atoms with Gasteiger partial charge in [0.1, 0.15) is 11.6 Å². The number of carbonyl (C=O) groups excluding carboxylic acids is 3. The van der Waals surface area contributed by atoms with Gasteiger partial charge < -0.3 is 14.8 Å². The fourth-order valence-electron chi connectivity index (χ4n) is 4.45. The van der Waals surface area contributed by atoms with E-state index >= 15 is 0 Å². The molecule has 4 aromatic rings. The zero-order valence-corrected chi connectivity index (χ0v) is 27.2. The van der Waals surface area contributed by atoms with Crippen LogP contribution in [-0.4, -0.2) is 40.2 Å². The Hall–Kier alpha value is -4.28. The van der Waals surface area contributed by atoms with Crippen molar-refractivity contribution in [3.8, 4) is 17.0 Å². The zero-order chi connectivity index (χ0) is 32.2. The Labute approximate surface area is 268 Å². The Bertz CT molecular complexity index is 1760. The van der Waals surface area contributed by atoms with Crippen molar-refractivity contribution in [2.45, 2.75) is 45.8 Å². The molecule has 4 rings (SSSR count). The normalized spacial score (nSPS) is 11.9. The van der Waals surface area contributed by atoms with Gasteiger partial charge in [-0.1, -0.05) is 39.7 Å². The lowest BCUT2D eigenvalue weighted by Gasteiger charge is -2.21. The minimum absolute atomic E-state index is 0.0321. The molecule has 0 saturated carbocycles.